The van der Waals surface area contributed by atoms with E-state index in [0.717, 1.165) is 17.0 Å². The number of ketones is 1. The Balaban J connectivity index is 1.78. The molecular formula is C16H16O2S. The molecule has 2 unspecified atom stereocenters. The highest BCUT2D eigenvalue weighted by Gasteiger charge is 2.45. The monoisotopic (exact) mass is 272 g/mol. The van der Waals surface area contributed by atoms with Crippen molar-refractivity contribution in [3.05, 3.63) is 52.2 Å². The number of carbonyl (C=O) groups is 1. The highest BCUT2D eigenvalue weighted by atomic mass is 32.1. The van der Waals surface area contributed by atoms with Gasteiger partial charge in [0.2, 0.25) is 0 Å². The number of ether oxygens (including phenoxy) is 1. The van der Waals surface area contributed by atoms with E-state index in [1.54, 1.807) is 0 Å². The van der Waals surface area contributed by atoms with Crippen LogP contribution in [-0.4, -0.2) is 12.4 Å². The van der Waals surface area contributed by atoms with Gasteiger partial charge >= 0.3 is 0 Å². The van der Waals surface area contributed by atoms with E-state index < -0.39 is 0 Å². The quantitative estimate of drug-likeness (QED) is 0.765. The van der Waals surface area contributed by atoms with Gasteiger partial charge in [-0.3, -0.25) is 4.79 Å². The second kappa shape index (κ2) is 5.17. The van der Waals surface area contributed by atoms with E-state index >= 15 is 0 Å². The predicted molar refractivity (Wildman–Crippen MR) is 77.1 cm³/mol. The van der Waals surface area contributed by atoms with Crippen LogP contribution in [0.15, 0.2) is 41.8 Å². The van der Waals surface area contributed by atoms with Gasteiger partial charge in [-0.25, -0.2) is 0 Å². The van der Waals surface area contributed by atoms with E-state index in [2.05, 4.69) is 6.07 Å². The Morgan fingerprint density at radius 1 is 1.32 bits per heavy atom. The average Bonchev–Trinajstić information content (AvgIpc) is 3.03. The lowest BCUT2D eigenvalue weighted by atomic mass is 10.1. The molecule has 1 fully saturated rings. The zero-order valence-corrected chi connectivity index (χ0v) is 11.7. The van der Waals surface area contributed by atoms with E-state index in [-0.39, 0.29) is 11.7 Å². The van der Waals surface area contributed by atoms with Crippen molar-refractivity contribution in [1.29, 1.82) is 0 Å². The van der Waals surface area contributed by atoms with Crippen LogP contribution in [0, 0.1) is 5.92 Å². The first-order chi connectivity index (χ1) is 9.31. The van der Waals surface area contributed by atoms with Gasteiger partial charge in [0.15, 0.2) is 5.78 Å². The molecule has 0 saturated heterocycles. The molecule has 19 heavy (non-hydrogen) atoms. The van der Waals surface area contributed by atoms with Crippen LogP contribution >= 0.6 is 11.3 Å². The van der Waals surface area contributed by atoms with Gasteiger partial charge < -0.3 is 4.74 Å². The molecule has 98 valence electrons. The first-order valence-electron chi connectivity index (χ1n) is 6.60. The molecule has 2 aromatic rings. The molecule has 0 bridgehead atoms. The lowest BCUT2D eigenvalue weighted by molar-refractivity contribution is 0.0969. The Kier molecular flexibility index (Phi) is 3.38. The van der Waals surface area contributed by atoms with Crippen LogP contribution in [0.4, 0.5) is 0 Å². The second-order valence-electron chi connectivity index (χ2n) is 4.76. The SMILES string of the molecule is CCOc1ccccc1C1CC1C(=O)c1cccs1. The molecule has 2 nitrogen and oxygen atoms in total. The summed E-state index contributed by atoms with van der Waals surface area (Å²) in [6.45, 7) is 2.64. The van der Waals surface area contributed by atoms with Gasteiger partial charge in [0.25, 0.3) is 0 Å². The number of carbonyl (C=O) groups excluding carboxylic acids is 1. The Bertz CT molecular complexity index is 574. The van der Waals surface area contributed by atoms with Crippen LogP contribution in [0.5, 0.6) is 5.75 Å². The summed E-state index contributed by atoms with van der Waals surface area (Å²) < 4.78 is 5.65. The lowest BCUT2D eigenvalue weighted by Gasteiger charge is -2.09. The largest absolute Gasteiger partial charge is 0.494 e. The van der Waals surface area contributed by atoms with Gasteiger partial charge in [0.1, 0.15) is 5.75 Å². The van der Waals surface area contributed by atoms with Gasteiger partial charge in [-0.2, -0.15) is 0 Å². The Morgan fingerprint density at radius 2 is 2.16 bits per heavy atom. The molecule has 0 N–H and O–H groups in total. The van der Waals surface area contributed by atoms with Crippen LogP contribution in [0.25, 0.3) is 0 Å². The van der Waals surface area contributed by atoms with Crippen LogP contribution in [0.2, 0.25) is 0 Å². The number of thiophene rings is 1. The third kappa shape index (κ3) is 2.43. The summed E-state index contributed by atoms with van der Waals surface area (Å²) in [5, 5.41) is 1.96. The van der Waals surface area contributed by atoms with Crippen LogP contribution < -0.4 is 4.74 Å². The normalized spacial score (nSPS) is 21.1. The first kappa shape index (κ1) is 12.4. The fourth-order valence-corrected chi connectivity index (χ4v) is 3.23. The van der Waals surface area contributed by atoms with Gasteiger partial charge in [-0.05, 0) is 42.3 Å². The van der Waals surface area contributed by atoms with E-state index in [9.17, 15) is 4.79 Å². The maximum atomic E-state index is 12.3. The minimum absolute atomic E-state index is 0.139. The zero-order valence-electron chi connectivity index (χ0n) is 10.8. The fourth-order valence-electron chi connectivity index (χ4n) is 2.50. The smallest absolute Gasteiger partial charge is 0.176 e. The standard InChI is InChI=1S/C16H16O2S/c1-2-18-14-7-4-3-6-11(14)12-10-13(12)16(17)15-8-5-9-19-15/h3-9,12-13H,2,10H2,1H3. The van der Waals surface area contributed by atoms with Gasteiger partial charge in [-0.1, -0.05) is 24.3 Å². The maximum Gasteiger partial charge on any atom is 0.176 e. The van der Waals surface area contributed by atoms with Crippen molar-refractivity contribution < 1.29 is 9.53 Å². The molecule has 2 atom stereocenters. The van der Waals surface area contributed by atoms with Crippen molar-refractivity contribution in [1.82, 2.24) is 0 Å². The Morgan fingerprint density at radius 3 is 2.89 bits per heavy atom. The highest BCUT2D eigenvalue weighted by Crippen LogP contribution is 2.52. The predicted octanol–water partition coefficient (Wildman–Crippen LogP) is 4.13. The van der Waals surface area contributed by atoms with Crippen LogP contribution in [0.1, 0.15) is 34.5 Å². The summed E-state index contributed by atoms with van der Waals surface area (Å²) in [4.78, 5) is 13.2. The molecular weight excluding hydrogens is 256 g/mol. The molecule has 1 aromatic heterocycles. The van der Waals surface area contributed by atoms with E-state index in [1.807, 2.05) is 42.6 Å². The molecule has 1 aromatic carbocycles. The Labute approximate surface area is 117 Å². The number of Topliss-reactive ketones (excluding diaryl/α,β-unsaturated/α-hetero) is 1. The van der Waals surface area contributed by atoms with E-state index in [1.165, 1.54) is 16.9 Å². The van der Waals surface area contributed by atoms with Crippen molar-refractivity contribution >= 4 is 17.1 Å². The molecule has 3 rings (SSSR count). The molecule has 0 amide bonds. The van der Waals surface area contributed by atoms with E-state index in [0.29, 0.717) is 12.5 Å². The summed E-state index contributed by atoms with van der Waals surface area (Å²) >= 11 is 1.53. The molecule has 1 saturated carbocycles. The molecule has 1 aliphatic carbocycles. The molecule has 3 heteroatoms. The van der Waals surface area contributed by atoms with Crippen LogP contribution in [-0.2, 0) is 0 Å². The minimum Gasteiger partial charge on any atom is -0.494 e. The zero-order chi connectivity index (χ0) is 13.2. The second-order valence-corrected chi connectivity index (χ2v) is 5.71. The number of hydrogen-bond donors (Lipinski definition) is 0. The summed E-state index contributed by atoms with van der Waals surface area (Å²) in [5.41, 5.74) is 1.18. The summed E-state index contributed by atoms with van der Waals surface area (Å²) in [6, 6.07) is 11.9. The number of para-hydroxylation sites is 1. The lowest BCUT2D eigenvalue weighted by Crippen LogP contribution is -2.02. The summed E-state index contributed by atoms with van der Waals surface area (Å²) in [5.74, 6) is 1.68. The van der Waals surface area contributed by atoms with Crippen molar-refractivity contribution in [2.75, 3.05) is 6.61 Å². The molecule has 1 heterocycles. The number of hydrogen-bond acceptors (Lipinski definition) is 3. The van der Waals surface area contributed by atoms with Gasteiger partial charge in [0.05, 0.1) is 11.5 Å². The van der Waals surface area contributed by atoms with E-state index in [4.69, 9.17) is 4.74 Å². The minimum atomic E-state index is 0.139. The van der Waals surface area contributed by atoms with Gasteiger partial charge in [0, 0.05) is 5.92 Å². The molecule has 0 spiro atoms. The summed E-state index contributed by atoms with van der Waals surface area (Å²) in [6.07, 6.45) is 0.945. The summed E-state index contributed by atoms with van der Waals surface area (Å²) in [7, 11) is 0. The van der Waals surface area contributed by atoms with Crippen LogP contribution in [0.3, 0.4) is 0 Å². The van der Waals surface area contributed by atoms with Crippen molar-refractivity contribution in [2.45, 2.75) is 19.3 Å². The van der Waals surface area contributed by atoms with Crippen molar-refractivity contribution in [2.24, 2.45) is 5.92 Å². The number of rotatable bonds is 5. The molecule has 1 aliphatic rings. The van der Waals surface area contributed by atoms with Crippen molar-refractivity contribution in [3.8, 4) is 5.75 Å². The first-order valence-corrected chi connectivity index (χ1v) is 7.48. The molecule has 0 aliphatic heterocycles. The maximum absolute atomic E-state index is 12.3. The third-order valence-corrected chi connectivity index (χ3v) is 4.39. The van der Waals surface area contributed by atoms with Gasteiger partial charge in [-0.15, -0.1) is 11.3 Å². The highest BCUT2D eigenvalue weighted by molar-refractivity contribution is 7.12. The fraction of sp³-hybridized carbons (Fsp3) is 0.312. The third-order valence-electron chi connectivity index (χ3n) is 3.51. The Hall–Kier alpha value is -1.61. The topological polar surface area (TPSA) is 26.3 Å². The number of benzene rings is 1. The van der Waals surface area contributed by atoms with Crippen molar-refractivity contribution in [3.63, 3.8) is 0 Å². The average molecular weight is 272 g/mol. The molecule has 0 radical (unpaired) electrons.